The number of hydrogen-bond donors (Lipinski definition) is 1. The lowest BCUT2D eigenvalue weighted by Crippen LogP contribution is -2.26. The van der Waals surface area contributed by atoms with Crippen molar-refractivity contribution >= 4 is 10.8 Å². The van der Waals surface area contributed by atoms with E-state index in [2.05, 4.69) is 36.4 Å². The molecule has 2 nitrogen and oxygen atoms in total. The van der Waals surface area contributed by atoms with Crippen LogP contribution in [0, 0.1) is 12.3 Å². The van der Waals surface area contributed by atoms with E-state index in [-0.39, 0.29) is 6.04 Å². The molecular weight excluding hydrogens is 234 g/mol. The van der Waals surface area contributed by atoms with Crippen LogP contribution in [0.4, 0.5) is 0 Å². The van der Waals surface area contributed by atoms with Gasteiger partial charge in [0.2, 0.25) is 0 Å². The summed E-state index contributed by atoms with van der Waals surface area (Å²) >= 11 is 0. The Hall–Kier alpha value is -1.98. The molecule has 0 bridgehead atoms. The molecule has 0 fully saturated rings. The van der Waals surface area contributed by atoms with E-state index in [0.29, 0.717) is 0 Å². The highest BCUT2D eigenvalue weighted by molar-refractivity contribution is 5.91. The number of rotatable bonds is 5. The third kappa shape index (κ3) is 2.89. The predicted octanol–water partition coefficient (Wildman–Crippen LogP) is 3.35. The number of benzene rings is 2. The SMILES string of the molecule is C#CC(CC)NCc1ccc(OC)c2ccccc12. The third-order valence-electron chi connectivity index (χ3n) is 3.34. The Bertz CT molecular complexity index is 598. The lowest BCUT2D eigenvalue weighted by atomic mass is 10.0. The quantitative estimate of drug-likeness (QED) is 0.825. The summed E-state index contributed by atoms with van der Waals surface area (Å²) in [6.45, 7) is 2.86. The summed E-state index contributed by atoms with van der Waals surface area (Å²) in [7, 11) is 1.70. The first-order valence-corrected chi connectivity index (χ1v) is 6.54. The smallest absolute Gasteiger partial charge is 0.126 e. The van der Waals surface area contributed by atoms with Crippen molar-refractivity contribution in [2.45, 2.75) is 25.9 Å². The van der Waals surface area contributed by atoms with Crippen LogP contribution in [0.15, 0.2) is 36.4 Å². The average Bonchev–Trinajstić information content (AvgIpc) is 2.48. The first-order valence-electron chi connectivity index (χ1n) is 6.54. The molecule has 2 rings (SSSR count). The van der Waals surface area contributed by atoms with Gasteiger partial charge in [-0.05, 0) is 23.4 Å². The van der Waals surface area contributed by atoms with Crippen molar-refractivity contribution in [2.24, 2.45) is 0 Å². The van der Waals surface area contributed by atoms with E-state index in [0.717, 1.165) is 24.1 Å². The Kier molecular flexibility index (Phi) is 4.43. The van der Waals surface area contributed by atoms with Crippen LogP contribution in [0.25, 0.3) is 10.8 Å². The fourth-order valence-corrected chi connectivity index (χ4v) is 2.22. The molecule has 0 aliphatic carbocycles. The maximum absolute atomic E-state index is 5.47. The molecule has 0 aliphatic heterocycles. The zero-order valence-corrected chi connectivity index (χ0v) is 11.4. The number of fused-ring (bicyclic) bond motifs is 1. The maximum atomic E-state index is 5.47. The van der Waals surface area contributed by atoms with Gasteiger partial charge in [-0.3, -0.25) is 5.32 Å². The van der Waals surface area contributed by atoms with E-state index in [9.17, 15) is 0 Å². The van der Waals surface area contributed by atoms with Crippen molar-refractivity contribution < 1.29 is 4.74 Å². The predicted molar refractivity (Wildman–Crippen MR) is 80.3 cm³/mol. The van der Waals surface area contributed by atoms with Gasteiger partial charge in [0.1, 0.15) is 5.75 Å². The molecular formula is C17H19NO. The average molecular weight is 253 g/mol. The van der Waals surface area contributed by atoms with Crippen LogP contribution in [0.2, 0.25) is 0 Å². The molecule has 1 N–H and O–H groups in total. The van der Waals surface area contributed by atoms with E-state index in [4.69, 9.17) is 11.2 Å². The van der Waals surface area contributed by atoms with E-state index >= 15 is 0 Å². The van der Waals surface area contributed by atoms with Crippen molar-refractivity contribution in [3.8, 4) is 18.1 Å². The summed E-state index contributed by atoms with van der Waals surface area (Å²) in [5, 5.41) is 5.73. The van der Waals surface area contributed by atoms with Crippen molar-refractivity contribution in [1.29, 1.82) is 0 Å². The molecule has 1 atom stereocenters. The second-order valence-corrected chi connectivity index (χ2v) is 4.48. The van der Waals surface area contributed by atoms with Crippen molar-refractivity contribution in [1.82, 2.24) is 5.32 Å². The van der Waals surface area contributed by atoms with E-state index in [1.54, 1.807) is 7.11 Å². The van der Waals surface area contributed by atoms with E-state index < -0.39 is 0 Å². The van der Waals surface area contributed by atoms with Gasteiger partial charge in [0.25, 0.3) is 0 Å². The number of ether oxygens (including phenoxy) is 1. The van der Waals surface area contributed by atoms with Gasteiger partial charge < -0.3 is 4.74 Å². The van der Waals surface area contributed by atoms with Crippen molar-refractivity contribution in [2.75, 3.05) is 7.11 Å². The van der Waals surface area contributed by atoms with Crippen LogP contribution in [-0.2, 0) is 6.54 Å². The highest BCUT2D eigenvalue weighted by Gasteiger charge is 2.07. The van der Waals surface area contributed by atoms with Crippen LogP contribution < -0.4 is 10.1 Å². The molecule has 0 spiro atoms. The van der Waals surface area contributed by atoms with Gasteiger partial charge >= 0.3 is 0 Å². The third-order valence-corrected chi connectivity index (χ3v) is 3.34. The van der Waals surface area contributed by atoms with Gasteiger partial charge in [-0.15, -0.1) is 6.42 Å². The topological polar surface area (TPSA) is 21.3 Å². The minimum Gasteiger partial charge on any atom is -0.496 e. The number of hydrogen-bond acceptors (Lipinski definition) is 2. The van der Waals surface area contributed by atoms with E-state index in [1.165, 1.54) is 10.9 Å². The number of nitrogens with one attached hydrogen (secondary N) is 1. The minimum atomic E-state index is 0.126. The monoisotopic (exact) mass is 253 g/mol. The van der Waals surface area contributed by atoms with E-state index in [1.807, 2.05) is 18.2 Å². The van der Waals surface area contributed by atoms with Crippen LogP contribution in [0.3, 0.4) is 0 Å². The molecule has 98 valence electrons. The molecule has 19 heavy (non-hydrogen) atoms. The summed E-state index contributed by atoms with van der Waals surface area (Å²) in [4.78, 5) is 0. The molecule has 2 heteroatoms. The summed E-state index contributed by atoms with van der Waals surface area (Å²) in [5.41, 5.74) is 1.24. The van der Waals surface area contributed by atoms with Crippen LogP contribution in [-0.4, -0.2) is 13.2 Å². The Morgan fingerprint density at radius 3 is 2.58 bits per heavy atom. The maximum Gasteiger partial charge on any atom is 0.126 e. The fourth-order valence-electron chi connectivity index (χ4n) is 2.22. The van der Waals surface area contributed by atoms with Gasteiger partial charge in [-0.2, -0.15) is 0 Å². The summed E-state index contributed by atoms with van der Waals surface area (Å²) in [5.74, 6) is 3.66. The summed E-state index contributed by atoms with van der Waals surface area (Å²) < 4.78 is 5.40. The molecule has 1 unspecified atom stereocenters. The summed E-state index contributed by atoms with van der Waals surface area (Å²) in [6, 6.07) is 12.5. The molecule has 0 saturated carbocycles. The molecule has 0 saturated heterocycles. The van der Waals surface area contributed by atoms with Crippen molar-refractivity contribution in [3.05, 3.63) is 42.0 Å². The van der Waals surface area contributed by atoms with Gasteiger partial charge in [-0.1, -0.05) is 43.2 Å². The molecule has 0 radical (unpaired) electrons. The Labute approximate surface area is 114 Å². The summed E-state index contributed by atoms with van der Waals surface area (Å²) in [6.07, 6.45) is 6.41. The highest BCUT2D eigenvalue weighted by atomic mass is 16.5. The first-order chi connectivity index (χ1) is 9.30. The Morgan fingerprint density at radius 1 is 1.21 bits per heavy atom. The standard InChI is InChI=1S/C17H19NO/c1-4-14(5-2)18-12-13-10-11-17(19-3)16-9-7-6-8-15(13)16/h1,6-11,14,18H,5,12H2,2-3H3. The normalized spacial score (nSPS) is 12.1. The van der Waals surface area contributed by atoms with Crippen LogP contribution >= 0.6 is 0 Å². The minimum absolute atomic E-state index is 0.126. The molecule has 2 aromatic carbocycles. The fraction of sp³-hybridized carbons (Fsp3) is 0.294. The molecule has 2 aromatic rings. The van der Waals surface area contributed by atoms with Gasteiger partial charge in [0.15, 0.2) is 0 Å². The number of terminal acetylenes is 1. The molecule has 0 amide bonds. The molecule has 0 heterocycles. The second kappa shape index (κ2) is 6.26. The second-order valence-electron chi connectivity index (χ2n) is 4.48. The Morgan fingerprint density at radius 2 is 1.95 bits per heavy atom. The van der Waals surface area contributed by atoms with Crippen LogP contribution in [0.1, 0.15) is 18.9 Å². The first kappa shape index (κ1) is 13.5. The highest BCUT2D eigenvalue weighted by Crippen LogP contribution is 2.28. The van der Waals surface area contributed by atoms with Gasteiger partial charge in [-0.25, -0.2) is 0 Å². The molecule has 0 aliphatic rings. The number of methoxy groups -OCH3 is 1. The zero-order chi connectivity index (χ0) is 13.7. The van der Waals surface area contributed by atoms with Gasteiger partial charge in [0, 0.05) is 11.9 Å². The largest absolute Gasteiger partial charge is 0.496 e. The lowest BCUT2D eigenvalue weighted by Gasteiger charge is -2.14. The lowest BCUT2D eigenvalue weighted by molar-refractivity contribution is 0.419. The zero-order valence-electron chi connectivity index (χ0n) is 11.4. The molecule has 0 aromatic heterocycles. The van der Waals surface area contributed by atoms with Gasteiger partial charge in [0.05, 0.1) is 13.2 Å². The van der Waals surface area contributed by atoms with Crippen LogP contribution in [0.5, 0.6) is 5.75 Å². The Balaban J connectivity index is 2.32. The van der Waals surface area contributed by atoms with Crippen molar-refractivity contribution in [3.63, 3.8) is 0 Å².